The highest BCUT2D eigenvalue weighted by molar-refractivity contribution is 6.46. The van der Waals surface area contributed by atoms with Gasteiger partial charge in [-0.2, -0.15) is 0 Å². The second kappa shape index (κ2) is 8.26. The van der Waals surface area contributed by atoms with E-state index in [0.717, 1.165) is 4.90 Å². The van der Waals surface area contributed by atoms with Crippen molar-refractivity contribution in [1.29, 1.82) is 0 Å². The van der Waals surface area contributed by atoms with E-state index in [1.54, 1.807) is 43.3 Å². The van der Waals surface area contributed by atoms with Gasteiger partial charge in [0, 0.05) is 16.8 Å². The molecule has 5 rings (SSSR count). The lowest BCUT2D eigenvalue weighted by Crippen LogP contribution is -2.33. The first kappa shape index (κ1) is 21.0. The van der Waals surface area contributed by atoms with Crippen LogP contribution in [-0.2, 0) is 9.59 Å². The van der Waals surface area contributed by atoms with Crippen LogP contribution in [0.3, 0.4) is 0 Å². The van der Waals surface area contributed by atoms with Crippen molar-refractivity contribution in [2.24, 2.45) is 0 Å². The van der Waals surface area contributed by atoms with Crippen molar-refractivity contribution in [2.75, 3.05) is 23.4 Å². The molecule has 0 atom stereocenters. The Morgan fingerprint density at radius 2 is 1.64 bits per heavy atom. The Kier molecular flexibility index (Phi) is 5.26. The topological polar surface area (TPSA) is 67.9 Å². The smallest absolute Gasteiger partial charge is 0.282 e. The van der Waals surface area contributed by atoms with Crippen LogP contribution in [0.2, 0.25) is 5.02 Å². The van der Waals surface area contributed by atoms with E-state index < -0.39 is 17.6 Å². The molecule has 0 aliphatic carbocycles. The first-order valence-corrected chi connectivity index (χ1v) is 10.6. The second-order valence-electron chi connectivity index (χ2n) is 7.62. The largest absolute Gasteiger partial charge is 0.486 e. The van der Waals surface area contributed by atoms with E-state index >= 15 is 0 Å². The minimum atomic E-state index is -0.542. The summed E-state index contributed by atoms with van der Waals surface area (Å²) < 4.78 is 24.7. The molecule has 2 amide bonds. The monoisotopic (exact) mass is 464 g/mol. The summed E-state index contributed by atoms with van der Waals surface area (Å²) in [5.74, 6) is -0.379. The van der Waals surface area contributed by atoms with Crippen LogP contribution in [0.25, 0.3) is 5.57 Å². The highest BCUT2D eigenvalue weighted by atomic mass is 35.5. The van der Waals surface area contributed by atoms with Crippen molar-refractivity contribution in [3.05, 3.63) is 88.3 Å². The molecule has 0 radical (unpaired) electrons. The number of aryl methyl sites for hydroxylation is 1. The molecule has 33 heavy (non-hydrogen) atoms. The molecule has 1 N–H and O–H groups in total. The molecule has 0 bridgehead atoms. The van der Waals surface area contributed by atoms with Crippen molar-refractivity contribution in [3.8, 4) is 11.5 Å². The molecule has 166 valence electrons. The summed E-state index contributed by atoms with van der Waals surface area (Å²) in [6.45, 7) is 2.66. The standard InChI is InChI=1S/C25H18ClFN2O4/c1-14-2-5-16(26)12-19(14)29-24(30)22(15-3-6-17(27)7-4-15)23(25(29)31)28-18-8-9-20-21(13-18)33-11-10-32-20/h2-9,12-13,28H,10-11H2,1H3. The van der Waals surface area contributed by atoms with Gasteiger partial charge < -0.3 is 14.8 Å². The normalized spacial score (nSPS) is 15.3. The number of imide groups is 1. The van der Waals surface area contributed by atoms with E-state index in [-0.39, 0.29) is 11.3 Å². The van der Waals surface area contributed by atoms with Crippen LogP contribution in [0.1, 0.15) is 11.1 Å². The van der Waals surface area contributed by atoms with Crippen LogP contribution in [0.5, 0.6) is 11.5 Å². The van der Waals surface area contributed by atoms with E-state index in [4.69, 9.17) is 21.1 Å². The maximum atomic E-state index is 13.6. The Balaban J connectivity index is 1.60. The van der Waals surface area contributed by atoms with Gasteiger partial charge in [0.25, 0.3) is 11.8 Å². The van der Waals surface area contributed by atoms with E-state index in [9.17, 15) is 14.0 Å². The molecule has 3 aromatic carbocycles. The van der Waals surface area contributed by atoms with Gasteiger partial charge in [0.2, 0.25) is 0 Å². The molecular weight excluding hydrogens is 447 g/mol. The second-order valence-corrected chi connectivity index (χ2v) is 8.05. The number of nitrogens with one attached hydrogen (secondary N) is 1. The van der Waals surface area contributed by atoms with E-state index in [0.29, 0.717) is 52.2 Å². The number of hydrogen-bond acceptors (Lipinski definition) is 5. The van der Waals surface area contributed by atoms with Gasteiger partial charge in [-0.05, 0) is 54.4 Å². The first-order valence-electron chi connectivity index (χ1n) is 10.2. The molecule has 0 saturated carbocycles. The number of carbonyl (C=O) groups is 2. The number of ether oxygens (including phenoxy) is 2. The van der Waals surface area contributed by atoms with Crippen LogP contribution < -0.4 is 19.7 Å². The average Bonchev–Trinajstić information content (AvgIpc) is 3.05. The fourth-order valence-corrected chi connectivity index (χ4v) is 4.00. The van der Waals surface area contributed by atoms with Crippen LogP contribution >= 0.6 is 11.6 Å². The lowest BCUT2D eigenvalue weighted by atomic mass is 10.0. The zero-order valence-electron chi connectivity index (χ0n) is 17.5. The van der Waals surface area contributed by atoms with Gasteiger partial charge in [0.05, 0.1) is 11.3 Å². The number of benzene rings is 3. The van der Waals surface area contributed by atoms with Crippen LogP contribution in [0, 0.1) is 12.7 Å². The number of nitrogens with zero attached hydrogens (tertiary/aromatic N) is 1. The number of hydrogen-bond donors (Lipinski definition) is 1. The maximum Gasteiger partial charge on any atom is 0.282 e. The molecule has 2 aliphatic rings. The fourth-order valence-electron chi connectivity index (χ4n) is 3.84. The highest BCUT2D eigenvalue weighted by Crippen LogP contribution is 2.38. The Bertz CT molecular complexity index is 1320. The van der Waals surface area contributed by atoms with Crippen molar-refractivity contribution in [1.82, 2.24) is 0 Å². The molecule has 0 saturated heterocycles. The summed E-state index contributed by atoms with van der Waals surface area (Å²) >= 11 is 6.15. The summed E-state index contributed by atoms with van der Waals surface area (Å²) in [6, 6.07) is 15.6. The van der Waals surface area contributed by atoms with Crippen LogP contribution in [0.4, 0.5) is 15.8 Å². The molecule has 0 fully saturated rings. The van der Waals surface area contributed by atoms with Gasteiger partial charge in [0.15, 0.2) is 11.5 Å². The summed E-state index contributed by atoms with van der Waals surface area (Å²) in [5, 5.41) is 3.47. The third kappa shape index (κ3) is 3.81. The van der Waals surface area contributed by atoms with Crippen molar-refractivity contribution >= 4 is 40.4 Å². The van der Waals surface area contributed by atoms with Crippen LogP contribution in [-0.4, -0.2) is 25.0 Å². The number of anilines is 2. The van der Waals surface area contributed by atoms with Gasteiger partial charge in [-0.3, -0.25) is 9.59 Å². The van der Waals surface area contributed by atoms with E-state index in [2.05, 4.69) is 5.32 Å². The van der Waals surface area contributed by atoms with Gasteiger partial charge >= 0.3 is 0 Å². The first-order chi connectivity index (χ1) is 15.9. The fraction of sp³-hybridized carbons (Fsp3) is 0.120. The zero-order chi connectivity index (χ0) is 23.1. The Morgan fingerprint density at radius 3 is 2.39 bits per heavy atom. The molecule has 0 unspecified atom stereocenters. The predicted octanol–water partition coefficient (Wildman–Crippen LogP) is 4.96. The number of amides is 2. The minimum absolute atomic E-state index is 0.0719. The van der Waals surface area contributed by atoms with Gasteiger partial charge in [0.1, 0.15) is 24.7 Å². The molecule has 2 heterocycles. The predicted molar refractivity (Wildman–Crippen MR) is 123 cm³/mol. The third-order valence-electron chi connectivity index (χ3n) is 5.44. The molecule has 3 aromatic rings. The highest BCUT2D eigenvalue weighted by Gasteiger charge is 2.41. The molecule has 2 aliphatic heterocycles. The zero-order valence-corrected chi connectivity index (χ0v) is 18.3. The number of rotatable bonds is 4. The molecule has 6 nitrogen and oxygen atoms in total. The van der Waals surface area contributed by atoms with Gasteiger partial charge in [-0.15, -0.1) is 0 Å². The number of carbonyl (C=O) groups excluding carboxylic acids is 2. The summed E-state index contributed by atoms with van der Waals surface area (Å²) in [5.41, 5.74) is 2.25. The van der Waals surface area contributed by atoms with Gasteiger partial charge in [-0.25, -0.2) is 9.29 Å². The lowest BCUT2D eigenvalue weighted by Gasteiger charge is -2.20. The van der Waals surface area contributed by atoms with Crippen molar-refractivity contribution in [3.63, 3.8) is 0 Å². The van der Waals surface area contributed by atoms with E-state index in [1.165, 1.54) is 24.3 Å². The maximum absolute atomic E-state index is 13.6. The van der Waals surface area contributed by atoms with Crippen molar-refractivity contribution < 1.29 is 23.5 Å². The minimum Gasteiger partial charge on any atom is -0.486 e. The summed E-state index contributed by atoms with van der Waals surface area (Å²) in [7, 11) is 0. The quantitative estimate of drug-likeness (QED) is 0.553. The average molecular weight is 465 g/mol. The Morgan fingerprint density at radius 1 is 0.909 bits per heavy atom. The lowest BCUT2D eigenvalue weighted by molar-refractivity contribution is -0.120. The molecule has 0 spiro atoms. The van der Waals surface area contributed by atoms with E-state index in [1.807, 2.05) is 0 Å². The number of halogens is 2. The SMILES string of the molecule is Cc1ccc(Cl)cc1N1C(=O)C(Nc2ccc3c(c2)OCCO3)=C(c2ccc(F)cc2)C1=O. The Hall–Kier alpha value is -3.84. The van der Waals surface area contributed by atoms with Gasteiger partial charge in [-0.1, -0.05) is 29.8 Å². The molecule has 8 heteroatoms. The Labute approximate surface area is 194 Å². The molecular formula is C25H18ClFN2O4. The summed E-state index contributed by atoms with van der Waals surface area (Å²) in [4.78, 5) is 28.1. The third-order valence-corrected chi connectivity index (χ3v) is 5.68. The summed E-state index contributed by atoms with van der Waals surface area (Å²) in [6.07, 6.45) is 0. The van der Waals surface area contributed by atoms with Crippen molar-refractivity contribution in [2.45, 2.75) is 6.92 Å². The number of fused-ring (bicyclic) bond motifs is 1. The van der Waals surface area contributed by atoms with Crippen LogP contribution in [0.15, 0.2) is 66.4 Å². The molecule has 0 aromatic heterocycles.